The van der Waals surface area contributed by atoms with Crippen LogP contribution < -0.4 is 0 Å². The summed E-state index contributed by atoms with van der Waals surface area (Å²) in [5.41, 5.74) is 9.02. The number of hydrogen-bond acceptors (Lipinski definition) is 1. The molecule has 0 unspecified atom stereocenters. The van der Waals surface area contributed by atoms with Gasteiger partial charge in [-0.2, -0.15) is 0 Å². The molecule has 0 spiro atoms. The molecule has 1 N–H and O–H groups in total. The van der Waals surface area contributed by atoms with Gasteiger partial charge in [-0.15, -0.1) is 0 Å². The van der Waals surface area contributed by atoms with Crippen molar-refractivity contribution in [3.05, 3.63) is 70.9 Å². The Morgan fingerprint density at radius 3 is 1.83 bits per heavy atom. The molecule has 0 aliphatic heterocycles. The van der Waals surface area contributed by atoms with Crippen molar-refractivity contribution in [3.63, 3.8) is 0 Å². The SMILES string of the molecule is Cc1ccc2c(-c3cc(C(C)(C)C)c(O)c(C(C)(C)C)c3)c3ccc(C)cn3c2c1. The highest BCUT2D eigenvalue weighted by Crippen LogP contribution is 2.44. The number of benzene rings is 2. The molecule has 156 valence electrons. The number of nitrogens with zero attached hydrogens (tertiary/aromatic N) is 1. The second kappa shape index (κ2) is 6.63. The van der Waals surface area contributed by atoms with Gasteiger partial charge in [-0.05, 0) is 65.6 Å². The summed E-state index contributed by atoms with van der Waals surface area (Å²) >= 11 is 0. The summed E-state index contributed by atoms with van der Waals surface area (Å²) in [5.74, 6) is 0.429. The molecular formula is C28H33NO. The fourth-order valence-corrected chi connectivity index (χ4v) is 4.43. The lowest BCUT2D eigenvalue weighted by Crippen LogP contribution is -2.17. The lowest BCUT2D eigenvalue weighted by Gasteiger charge is -2.28. The highest BCUT2D eigenvalue weighted by molar-refractivity contribution is 6.06. The second-order valence-electron chi connectivity index (χ2n) is 10.8. The van der Waals surface area contributed by atoms with Gasteiger partial charge in [-0.25, -0.2) is 0 Å². The number of aromatic hydroxyl groups is 1. The van der Waals surface area contributed by atoms with Crippen LogP contribution in [0.4, 0.5) is 0 Å². The maximum Gasteiger partial charge on any atom is 0.123 e. The van der Waals surface area contributed by atoms with Crippen LogP contribution in [0.15, 0.2) is 48.7 Å². The third-order valence-electron chi connectivity index (χ3n) is 6.05. The molecule has 0 aliphatic carbocycles. The van der Waals surface area contributed by atoms with E-state index in [9.17, 15) is 5.11 Å². The Labute approximate surface area is 180 Å². The van der Waals surface area contributed by atoms with Crippen molar-refractivity contribution in [2.24, 2.45) is 0 Å². The first-order valence-corrected chi connectivity index (χ1v) is 10.8. The molecule has 0 fully saturated rings. The molecule has 0 amide bonds. The Kier molecular flexibility index (Phi) is 4.54. The largest absolute Gasteiger partial charge is 0.507 e. The number of pyridine rings is 1. The predicted octanol–water partition coefficient (Wildman–Crippen LogP) is 7.68. The summed E-state index contributed by atoms with van der Waals surface area (Å²) in [6.07, 6.45) is 2.22. The molecule has 2 heterocycles. The monoisotopic (exact) mass is 399 g/mol. The van der Waals surface area contributed by atoms with E-state index in [2.05, 4.69) is 108 Å². The lowest BCUT2D eigenvalue weighted by molar-refractivity contribution is 0.423. The van der Waals surface area contributed by atoms with Crippen molar-refractivity contribution in [2.75, 3.05) is 0 Å². The maximum atomic E-state index is 11.2. The van der Waals surface area contributed by atoms with Gasteiger partial charge in [-0.1, -0.05) is 59.7 Å². The van der Waals surface area contributed by atoms with Crippen molar-refractivity contribution in [2.45, 2.75) is 66.2 Å². The van der Waals surface area contributed by atoms with Crippen LogP contribution in [-0.2, 0) is 10.8 Å². The minimum absolute atomic E-state index is 0.154. The Balaban J connectivity index is 2.17. The zero-order chi connectivity index (χ0) is 22.0. The van der Waals surface area contributed by atoms with Gasteiger partial charge in [-0.3, -0.25) is 0 Å². The van der Waals surface area contributed by atoms with Crippen molar-refractivity contribution < 1.29 is 5.11 Å². The second-order valence-corrected chi connectivity index (χ2v) is 10.8. The molecule has 0 saturated carbocycles. The van der Waals surface area contributed by atoms with E-state index in [1.807, 2.05) is 0 Å². The number of phenolic OH excluding ortho intramolecular Hbond substituents is 1. The lowest BCUT2D eigenvalue weighted by atomic mass is 9.77. The summed E-state index contributed by atoms with van der Waals surface area (Å²) in [6, 6.07) is 15.5. The van der Waals surface area contributed by atoms with E-state index in [0.717, 1.165) is 11.1 Å². The average Bonchev–Trinajstić information content (AvgIpc) is 2.93. The Morgan fingerprint density at radius 1 is 0.700 bits per heavy atom. The molecule has 2 heteroatoms. The minimum atomic E-state index is -0.154. The Morgan fingerprint density at radius 2 is 1.27 bits per heavy atom. The van der Waals surface area contributed by atoms with Crippen LogP contribution in [0.1, 0.15) is 63.8 Å². The average molecular weight is 400 g/mol. The fourth-order valence-electron chi connectivity index (χ4n) is 4.43. The molecule has 0 saturated heterocycles. The zero-order valence-electron chi connectivity index (χ0n) is 19.5. The highest BCUT2D eigenvalue weighted by atomic mass is 16.3. The van der Waals surface area contributed by atoms with Gasteiger partial charge in [0.2, 0.25) is 0 Å². The standard InChI is InChI=1S/C28H33NO/c1-17-9-11-20-24(13-17)29-16-18(2)10-12-23(29)25(20)19-14-21(27(3,4)5)26(30)22(15-19)28(6,7)8/h9-16,30H,1-8H3. The summed E-state index contributed by atoms with van der Waals surface area (Å²) < 4.78 is 2.31. The van der Waals surface area contributed by atoms with E-state index in [0.29, 0.717) is 5.75 Å². The van der Waals surface area contributed by atoms with Gasteiger partial charge in [0.25, 0.3) is 0 Å². The van der Waals surface area contributed by atoms with Crippen LogP contribution in [-0.4, -0.2) is 9.51 Å². The fraction of sp³-hybridized carbons (Fsp3) is 0.357. The first-order valence-electron chi connectivity index (χ1n) is 10.8. The number of aryl methyl sites for hydroxylation is 2. The molecular weight excluding hydrogens is 366 g/mol. The highest BCUT2D eigenvalue weighted by Gasteiger charge is 2.28. The van der Waals surface area contributed by atoms with Gasteiger partial charge >= 0.3 is 0 Å². The third kappa shape index (κ3) is 3.29. The summed E-state index contributed by atoms with van der Waals surface area (Å²) in [6.45, 7) is 17.3. The summed E-state index contributed by atoms with van der Waals surface area (Å²) in [5, 5.41) is 12.4. The van der Waals surface area contributed by atoms with Crippen molar-refractivity contribution in [3.8, 4) is 16.9 Å². The van der Waals surface area contributed by atoms with Crippen LogP contribution in [0.5, 0.6) is 5.75 Å². The predicted molar refractivity (Wildman–Crippen MR) is 129 cm³/mol. The van der Waals surface area contributed by atoms with E-state index in [1.54, 1.807) is 0 Å². The van der Waals surface area contributed by atoms with Gasteiger partial charge in [0.15, 0.2) is 0 Å². The first kappa shape index (κ1) is 20.5. The quantitative estimate of drug-likeness (QED) is 0.349. The zero-order valence-corrected chi connectivity index (χ0v) is 19.5. The Bertz CT molecular complexity index is 1180. The first-order chi connectivity index (χ1) is 13.9. The number of fused-ring (bicyclic) bond motifs is 3. The maximum absolute atomic E-state index is 11.2. The molecule has 0 bridgehead atoms. The van der Waals surface area contributed by atoms with Crippen molar-refractivity contribution >= 4 is 16.4 Å². The van der Waals surface area contributed by atoms with E-state index in [4.69, 9.17) is 0 Å². The van der Waals surface area contributed by atoms with Crippen LogP contribution in [0, 0.1) is 13.8 Å². The van der Waals surface area contributed by atoms with Crippen molar-refractivity contribution in [1.82, 2.24) is 4.40 Å². The molecule has 0 atom stereocenters. The van der Waals surface area contributed by atoms with Gasteiger partial charge in [0.05, 0.1) is 11.0 Å². The van der Waals surface area contributed by atoms with E-state index in [-0.39, 0.29) is 10.8 Å². The third-order valence-corrected chi connectivity index (χ3v) is 6.05. The molecule has 0 aliphatic rings. The van der Waals surface area contributed by atoms with Crippen LogP contribution in [0.2, 0.25) is 0 Å². The van der Waals surface area contributed by atoms with E-state index in [1.165, 1.54) is 38.7 Å². The summed E-state index contributed by atoms with van der Waals surface area (Å²) in [7, 11) is 0. The number of hydrogen-bond donors (Lipinski definition) is 1. The van der Waals surface area contributed by atoms with Gasteiger partial charge < -0.3 is 9.51 Å². The molecule has 2 aromatic carbocycles. The number of rotatable bonds is 1. The van der Waals surface area contributed by atoms with Gasteiger partial charge in [0, 0.05) is 28.3 Å². The molecule has 2 aromatic heterocycles. The molecule has 2 nitrogen and oxygen atoms in total. The minimum Gasteiger partial charge on any atom is -0.507 e. The normalized spacial score (nSPS) is 12.8. The van der Waals surface area contributed by atoms with Crippen LogP contribution in [0.3, 0.4) is 0 Å². The number of aromatic nitrogens is 1. The molecule has 4 rings (SSSR count). The molecule has 4 aromatic rings. The van der Waals surface area contributed by atoms with Crippen molar-refractivity contribution in [1.29, 1.82) is 0 Å². The van der Waals surface area contributed by atoms with Crippen LogP contribution >= 0.6 is 0 Å². The smallest absolute Gasteiger partial charge is 0.123 e. The van der Waals surface area contributed by atoms with Gasteiger partial charge in [0.1, 0.15) is 5.75 Å². The van der Waals surface area contributed by atoms with E-state index >= 15 is 0 Å². The Hall–Kier alpha value is -2.74. The topological polar surface area (TPSA) is 24.6 Å². The molecule has 0 radical (unpaired) electrons. The number of phenols is 1. The summed E-state index contributed by atoms with van der Waals surface area (Å²) in [4.78, 5) is 0. The van der Waals surface area contributed by atoms with Crippen LogP contribution in [0.25, 0.3) is 27.5 Å². The molecule has 30 heavy (non-hydrogen) atoms. The van der Waals surface area contributed by atoms with E-state index < -0.39 is 0 Å².